The van der Waals surface area contributed by atoms with Crippen LogP contribution in [0, 0.1) is 0 Å². The lowest BCUT2D eigenvalue weighted by molar-refractivity contribution is -0.888. The summed E-state index contributed by atoms with van der Waals surface area (Å²) in [5, 5.41) is 0. The third-order valence-electron chi connectivity index (χ3n) is 7.54. The molecule has 0 radical (unpaired) electrons. The van der Waals surface area contributed by atoms with Crippen molar-refractivity contribution in [2.24, 2.45) is 0 Å². The molecule has 0 aliphatic carbocycles. The van der Waals surface area contributed by atoms with Gasteiger partial charge in [0.05, 0.1) is 33.8 Å². The lowest BCUT2D eigenvalue weighted by atomic mass is 9.13. The van der Waals surface area contributed by atoms with Crippen molar-refractivity contribution in [1.82, 2.24) is 0 Å². The van der Waals surface area contributed by atoms with Gasteiger partial charge in [-0.05, 0) is 13.8 Å². The van der Waals surface area contributed by atoms with Crippen LogP contribution < -0.4 is 21.9 Å². The van der Waals surface area contributed by atoms with Crippen molar-refractivity contribution in [3.8, 4) is 0 Å². The van der Waals surface area contributed by atoms with E-state index in [0.29, 0.717) is 12.2 Å². The van der Waals surface area contributed by atoms with E-state index in [4.69, 9.17) is 4.74 Å². The first-order valence-corrected chi connectivity index (χ1v) is 13.8. The van der Waals surface area contributed by atoms with Gasteiger partial charge in [0.2, 0.25) is 0 Å². The van der Waals surface area contributed by atoms with E-state index in [1.54, 1.807) is 6.92 Å². The summed E-state index contributed by atoms with van der Waals surface area (Å²) < 4.78 is 5.96. The van der Waals surface area contributed by atoms with Crippen molar-refractivity contribution in [3.63, 3.8) is 0 Å². The number of quaternary nitrogens is 1. The van der Waals surface area contributed by atoms with Gasteiger partial charge in [0.25, 0.3) is 0 Å². The maximum absolute atomic E-state index is 11.0. The van der Waals surface area contributed by atoms with Gasteiger partial charge in [-0.1, -0.05) is 128 Å². The quantitative estimate of drug-likeness (QED) is 0.100. The van der Waals surface area contributed by atoms with Crippen molar-refractivity contribution in [3.05, 3.63) is 133 Å². The van der Waals surface area contributed by atoms with Crippen LogP contribution in [-0.2, 0) is 9.53 Å². The topological polar surface area (TPSA) is 26.3 Å². The molecule has 0 fully saturated rings. The van der Waals surface area contributed by atoms with Gasteiger partial charge in [-0.25, -0.2) is 4.79 Å². The van der Waals surface area contributed by atoms with E-state index < -0.39 is 6.15 Å². The second-order valence-corrected chi connectivity index (χ2v) is 10.8. The molecule has 39 heavy (non-hydrogen) atoms. The molecule has 4 rings (SSSR count). The van der Waals surface area contributed by atoms with Gasteiger partial charge in [-0.15, -0.1) is 0 Å². The average molecular weight is 520 g/mol. The fourth-order valence-electron chi connectivity index (χ4n) is 5.06. The Morgan fingerprint density at radius 1 is 0.692 bits per heavy atom. The first kappa shape index (κ1) is 29.7. The Bertz CT molecular complexity index is 1130. The van der Waals surface area contributed by atoms with E-state index in [1.165, 1.54) is 21.9 Å². The zero-order valence-corrected chi connectivity index (χ0v) is 23.9. The van der Waals surface area contributed by atoms with Crippen LogP contribution >= 0.6 is 0 Å². The smallest absolute Gasteiger partial charge is 0.333 e. The van der Waals surface area contributed by atoms with Crippen LogP contribution in [-0.4, -0.2) is 50.4 Å². The van der Waals surface area contributed by atoms with Gasteiger partial charge in [0.15, 0.2) is 0 Å². The number of carbonyl (C=O) groups is 1. The third-order valence-corrected chi connectivity index (χ3v) is 7.54. The minimum Gasteiger partial charge on any atom is -0.462 e. The molecular formula is C35H42BNO2. The van der Waals surface area contributed by atoms with E-state index in [0.717, 1.165) is 24.0 Å². The molecule has 0 heterocycles. The minimum atomic E-state index is -1.22. The molecule has 0 N–H and O–H groups in total. The van der Waals surface area contributed by atoms with E-state index in [9.17, 15) is 4.79 Å². The van der Waals surface area contributed by atoms with Crippen LogP contribution in [0.3, 0.4) is 0 Å². The first-order valence-electron chi connectivity index (χ1n) is 13.8. The van der Waals surface area contributed by atoms with E-state index in [-0.39, 0.29) is 5.97 Å². The SMILES string of the molecule is C=C(C)C(=O)OCCC[N+](C)(C)CC.c1ccc([B-](c2ccccc2)(c2ccccc2)c2ccccc2)cc1. The Kier molecular flexibility index (Phi) is 10.9. The molecule has 0 unspecified atom stereocenters. The maximum atomic E-state index is 11.0. The third kappa shape index (κ3) is 7.81. The lowest BCUT2D eigenvalue weighted by Gasteiger charge is -2.44. The summed E-state index contributed by atoms with van der Waals surface area (Å²) in [6.07, 6.45) is -0.313. The van der Waals surface area contributed by atoms with Crippen molar-refractivity contribution in [1.29, 1.82) is 0 Å². The summed E-state index contributed by atoms with van der Waals surface area (Å²) in [7, 11) is 4.33. The highest BCUT2D eigenvalue weighted by Crippen LogP contribution is 2.09. The standard InChI is InChI=1S/C24H20B.C11H22NO2/c1-5-13-21(14-6-1)25(22-15-7-2-8-16-22,23-17-9-3-10-18-23)24-19-11-4-12-20-24;1-6-12(4,5)8-7-9-14-11(13)10(2)3/h1-20H;2,6-9H2,1,3-5H3/q-1;+1. The van der Waals surface area contributed by atoms with Crippen LogP contribution in [0.15, 0.2) is 133 Å². The molecule has 0 aromatic heterocycles. The molecule has 3 nitrogen and oxygen atoms in total. The lowest BCUT2D eigenvalue weighted by Crippen LogP contribution is -2.74. The Labute approximate surface area is 235 Å². The normalized spacial score (nSPS) is 11.2. The minimum absolute atomic E-state index is 0.285. The van der Waals surface area contributed by atoms with Gasteiger partial charge < -0.3 is 9.22 Å². The van der Waals surface area contributed by atoms with Gasteiger partial charge >= 0.3 is 5.97 Å². The molecule has 0 atom stereocenters. The van der Waals surface area contributed by atoms with Crippen LogP contribution in [0.4, 0.5) is 0 Å². The molecule has 0 saturated heterocycles. The predicted octanol–water partition coefficient (Wildman–Crippen LogP) is 4.66. The highest BCUT2D eigenvalue weighted by molar-refractivity contribution is 7.19. The average Bonchev–Trinajstić information content (AvgIpc) is 2.98. The largest absolute Gasteiger partial charge is 0.462 e. The van der Waals surface area contributed by atoms with Crippen LogP contribution in [0.25, 0.3) is 0 Å². The van der Waals surface area contributed by atoms with Crippen LogP contribution in [0.5, 0.6) is 0 Å². The molecule has 0 saturated carbocycles. The van der Waals surface area contributed by atoms with Crippen molar-refractivity contribution in [2.75, 3.05) is 33.8 Å². The molecule has 0 aliphatic heterocycles. The Morgan fingerprint density at radius 3 is 1.31 bits per heavy atom. The number of rotatable bonds is 10. The zero-order chi connectivity index (χ0) is 28.1. The Morgan fingerprint density at radius 2 is 1.03 bits per heavy atom. The van der Waals surface area contributed by atoms with Crippen LogP contribution in [0.2, 0.25) is 0 Å². The first-order chi connectivity index (χ1) is 18.8. The number of esters is 1. The fourth-order valence-corrected chi connectivity index (χ4v) is 5.06. The Hall–Kier alpha value is -3.89. The second-order valence-electron chi connectivity index (χ2n) is 10.8. The van der Waals surface area contributed by atoms with Gasteiger partial charge in [0.1, 0.15) is 6.15 Å². The maximum Gasteiger partial charge on any atom is 0.333 e. The number of nitrogens with zero attached hydrogens (tertiary/aromatic N) is 1. The fraction of sp³-hybridized carbons (Fsp3) is 0.229. The summed E-state index contributed by atoms with van der Waals surface area (Å²) in [6.45, 7) is 9.95. The molecule has 4 aromatic carbocycles. The summed E-state index contributed by atoms with van der Waals surface area (Å²) in [5.41, 5.74) is 5.82. The molecule has 202 valence electrons. The van der Waals surface area contributed by atoms with Gasteiger partial charge in [-0.3, -0.25) is 0 Å². The molecule has 4 heteroatoms. The van der Waals surface area contributed by atoms with Crippen molar-refractivity contribution < 1.29 is 14.0 Å². The summed E-state index contributed by atoms with van der Waals surface area (Å²) in [6, 6.07) is 43.5. The molecular weight excluding hydrogens is 477 g/mol. The second kappa shape index (κ2) is 14.3. The summed E-state index contributed by atoms with van der Waals surface area (Å²) >= 11 is 0. The van der Waals surface area contributed by atoms with Gasteiger partial charge in [-0.2, -0.15) is 21.9 Å². The number of benzene rings is 4. The molecule has 0 bridgehead atoms. The van der Waals surface area contributed by atoms with E-state index >= 15 is 0 Å². The summed E-state index contributed by atoms with van der Waals surface area (Å²) in [5.74, 6) is -0.285. The molecule has 4 aromatic rings. The van der Waals surface area contributed by atoms with E-state index in [1.807, 2.05) is 0 Å². The summed E-state index contributed by atoms with van der Waals surface area (Å²) in [4.78, 5) is 11.0. The van der Waals surface area contributed by atoms with E-state index in [2.05, 4.69) is 149 Å². The van der Waals surface area contributed by atoms with Crippen molar-refractivity contribution >= 4 is 34.0 Å². The number of hydrogen-bond donors (Lipinski definition) is 0. The van der Waals surface area contributed by atoms with Gasteiger partial charge in [0, 0.05) is 12.0 Å². The monoisotopic (exact) mass is 519 g/mol. The highest BCUT2D eigenvalue weighted by Gasteiger charge is 2.31. The van der Waals surface area contributed by atoms with Crippen LogP contribution in [0.1, 0.15) is 20.3 Å². The van der Waals surface area contributed by atoms with Crippen molar-refractivity contribution in [2.45, 2.75) is 20.3 Å². The molecule has 0 spiro atoms. The zero-order valence-electron chi connectivity index (χ0n) is 23.9. The molecule has 0 amide bonds. The number of hydrogen-bond acceptors (Lipinski definition) is 2. The predicted molar refractivity (Wildman–Crippen MR) is 168 cm³/mol. The highest BCUT2D eigenvalue weighted by atomic mass is 16.5. The number of carbonyl (C=O) groups excluding carboxylic acids is 1. The Balaban J connectivity index is 0.000000258. The number of ether oxygens (including phenoxy) is 1. The molecule has 0 aliphatic rings.